The maximum absolute atomic E-state index is 12.2. The Morgan fingerprint density at radius 2 is 1.57 bits per heavy atom. The van der Waals surface area contributed by atoms with Gasteiger partial charge in [-0.3, -0.25) is 14.5 Å². The highest BCUT2D eigenvalue weighted by Crippen LogP contribution is 2.38. The minimum Gasteiger partial charge on any atom is -0.493 e. The van der Waals surface area contributed by atoms with Crippen molar-refractivity contribution in [3.05, 3.63) is 35.9 Å². The van der Waals surface area contributed by atoms with E-state index < -0.39 is 0 Å². The number of hydrogen-bond acceptors (Lipinski definition) is 5. The van der Waals surface area contributed by atoms with E-state index in [0.29, 0.717) is 41.4 Å². The molecule has 0 bridgehead atoms. The summed E-state index contributed by atoms with van der Waals surface area (Å²) < 4.78 is 15.8. The number of carbonyl (C=O) groups excluding carboxylic acids is 2. The fourth-order valence-electron chi connectivity index (χ4n) is 2.52. The molecule has 6 heteroatoms. The van der Waals surface area contributed by atoms with Gasteiger partial charge in [-0.05, 0) is 36.6 Å². The summed E-state index contributed by atoms with van der Waals surface area (Å²) in [6.07, 6.45) is 4.35. The van der Waals surface area contributed by atoms with E-state index in [0.717, 1.165) is 6.42 Å². The Hall–Kier alpha value is -2.76. The van der Waals surface area contributed by atoms with Crippen molar-refractivity contribution in [3.8, 4) is 17.2 Å². The second-order valence-corrected chi connectivity index (χ2v) is 5.29. The first-order valence-corrected chi connectivity index (χ1v) is 9.53. The van der Waals surface area contributed by atoms with Crippen LogP contribution < -0.4 is 14.2 Å². The molecule has 0 atom stereocenters. The summed E-state index contributed by atoms with van der Waals surface area (Å²) in [7, 11) is 4.57. The van der Waals surface area contributed by atoms with Gasteiger partial charge in [0.2, 0.25) is 5.75 Å². The molecule has 1 saturated heterocycles. The van der Waals surface area contributed by atoms with Crippen LogP contribution in [0, 0.1) is 0 Å². The van der Waals surface area contributed by atoms with Crippen LogP contribution in [0.2, 0.25) is 0 Å². The van der Waals surface area contributed by atoms with Gasteiger partial charge in [-0.25, -0.2) is 0 Å². The Balaban J connectivity index is 0.00000171. The van der Waals surface area contributed by atoms with E-state index in [2.05, 4.69) is 6.58 Å². The molecule has 1 aliphatic heterocycles. The van der Waals surface area contributed by atoms with E-state index in [1.807, 2.05) is 27.7 Å². The van der Waals surface area contributed by atoms with E-state index in [4.69, 9.17) is 14.2 Å². The molecule has 0 radical (unpaired) electrons. The lowest BCUT2D eigenvalue weighted by atomic mass is 10.1. The van der Waals surface area contributed by atoms with Crippen molar-refractivity contribution >= 4 is 17.9 Å². The van der Waals surface area contributed by atoms with Crippen LogP contribution in [0.4, 0.5) is 0 Å². The normalized spacial score (nSPS) is 13.2. The van der Waals surface area contributed by atoms with E-state index in [1.165, 1.54) is 32.3 Å². The molecule has 156 valence electrons. The lowest BCUT2D eigenvalue weighted by Crippen LogP contribution is -2.40. The van der Waals surface area contributed by atoms with Crippen LogP contribution >= 0.6 is 0 Å². The highest BCUT2D eigenvalue weighted by Gasteiger charge is 2.25. The molecule has 1 aromatic rings. The zero-order chi connectivity index (χ0) is 21.7. The summed E-state index contributed by atoms with van der Waals surface area (Å²) in [5.74, 6) is 0.791. The third kappa shape index (κ3) is 6.44. The molecule has 2 amide bonds. The van der Waals surface area contributed by atoms with Crippen molar-refractivity contribution in [1.82, 2.24) is 4.90 Å². The fourth-order valence-corrected chi connectivity index (χ4v) is 2.52. The summed E-state index contributed by atoms with van der Waals surface area (Å²) in [5, 5.41) is 0. The van der Waals surface area contributed by atoms with Crippen molar-refractivity contribution < 1.29 is 23.8 Å². The van der Waals surface area contributed by atoms with Gasteiger partial charge in [-0.1, -0.05) is 34.3 Å². The molecule has 28 heavy (non-hydrogen) atoms. The molecule has 0 N–H and O–H groups in total. The molecule has 6 nitrogen and oxygen atoms in total. The fraction of sp³-hybridized carbons (Fsp3) is 0.455. The Bertz CT molecular complexity index is 669. The Morgan fingerprint density at radius 1 is 1.04 bits per heavy atom. The third-order valence-corrected chi connectivity index (χ3v) is 3.78. The number of nitrogens with zero attached hydrogens (tertiary/aromatic N) is 1. The number of ether oxygens (including phenoxy) is 3. The Labute approximate surface area is 168 Å². The predicted molar refractivity (Wildman–Crippen MR) is 113 cm³/mol. The van der Waals surface area contributed by atoms with Crippen LogP contribution in [-0.4, -0.2) is 44.6 Å². The van der Waals surface area contributed by atoms with Crippen LogP contribution in [0.5, 0.6) is 17.2 Å². The number of methoxy groups -OCH3 is 3. The van der Waals surface area contributed by atoms with Crippen LogP contribution in [-0.2, 0) is 9.59 Å². The molecule has 0 aromatic heterocycles. The number of rotatable bonds is 5. The van der Waals surface area contributed by atoms with Gasteiger partial charge in [-0.2, -0.15) is 0 Å². The van der Waals surface area contributed by atoms with E-state index >= 15 is 0 Å². The lowest BCUT2D eigenvalue weighted by molar-refractivity contribution is -0.140. The van der Waals surface area contributed by atoms with Gasteiger partial charge in [0.1, 0.15) is 0 Å². The van der Waals surface area contributed by atoms with Gasteiger partial charge in [-0.15, -0.1) is 0 Å². The molecule has 1 heterocycles. The quantitative estimate of drug-likeness (QED) is 0.692. The second kappa shape index (κ2) is 13.4. The first kappa shape index (κ1) is 25.2. The van der Waals surface area contributed by atoms with Crippen molar-refractivity contribution in [2.24, 2.45) is 0 Å². The summed E-state index contributed by atoms with van der Waals surface area (Å²) in [6, 6.07) is 3.45. The number of piperidine rings is 1. The number of likely N-dealkylation sites (tertiary alicyclic amines) is 1. The molecular formula is C22H33NO5. The number of amides is 2. The monoisotopic (exact) mass is 391 g/mol. The number of imide groups is 1. The van der Waals surface area contributed by atoms with Crippen LogP contribution in [0.25, 0.3) is 6.08 Å². The SMILES string of the molecule is C=C1CCCN(C(=O)/C=C/c2cc(OC)c(OC)c(OC)c2)C1=O.CC.CC. The first-order chi connectivity index (χ1) is 13.5. The molecule has 1 aliphatic rings. The van der Waals surface area contributed by atoms with E-state index in [-0.39, 0.29) is 11.8 Å². The highest BCUT2D eigenvalue weighted by atomic mass is 16.5. The molecule has 1 fully saturated rings. The van der Waals surface area contributed by atoms with Crippen LogP contribution in [0.3, 0.4) is 0 Å². The van der Waals surface area contributed by atoms with Gasteiger partial charge < -0.3 is 14.2 Å². The van der Waals surface area contributed by atoms with Crippen LogP contribution in [0.15, 0.2) is 30.4 Å². The summed E-state index contributed by atoms with van der Waals surface area (Å²) in [6.45, 7) is 12.1. The molecule has 0 spiro atoms. The average Bonchev–Trinajstić information content (AvgIpc) is 2.75. The standard InChI is InChI=1S/C18H21NO5.2C2H6/c1-12-6-5-9-19(18(12)21)16(20)8-7-13-10-14(22-2)17(24-4)15(11-13)23-3;2*1-2/h7-8,10-11H,1,5-6,9H2,2-4H3;2*1-2H3/b8-7+;;. The molecule has 0 unspecified atom stereocenters. The molecule has 2 rings (SSSR count). The van der Waals surface area contributed by atoms with Gasteiger partial charge in [0.15, 0.2) is 11.5 Å². The number of benzene rings is 1. The Kier molecular flexibility index (Phi) is 12.1. The maximum Gasteiger partial charge on any atom is 0.256 e. The zero-order valence-electron chi connectivity index (χ0n) is 18.1. The van der Waals surface area contributed by atoms with E-state index in [9.17, 15) is 9.59 Å². The highest BCUT2D eigenvalue weighted by molar-refractivity contribution is 6.09. The van der Waals surface area contributed by atoms with Crippen molar-refractivity contribution in [3.63, 3.8) is 0 Å². The van der Waals surface area contributed by atoms with Crippen molar-refractivity contribution in [1.29, 1.82) is 0 Å². The minimum absolute atomic E-state index is 0.305. The van der Waals surface area contributed by atoms with Gasteiger partial charge in [0.25, 0.3) is 11.8 Å². The topological polar surface area (TPSA) is 65.1 Å². The van der Waals surface area contributed by atoms with Crippen LogP contribution in [0.1, 0.15) is 46.1 Å². The molecular weight excluding hydrogens is 358 g/mol. The summed E-state index contributed by atoms with van der Waals surface area (Å²) in [4.78, 5) is 25.4. The van der Waals surface area contributed by atoms with Gasteiger partial charge >= 0.3 is 0 Å². The lowest BCUT2D eigenvalue weighted by Gasteiger charge is -2.24. The van der Waals surface area contributed by atoms with Crippen molar-refractivity contribution in [2.75, 3.05) is 27.9 Å². The first-order valence-electron chi connectivity index (χ1n) is 9.53. The van der Waals surface area contributed by atoms with Gasteiger partial charge in [0.05, 0.1) is 21.3 Å². The molecule has 0 aliphatic carbocycles. The summed E-state index contributed by atoms with van der Waals surface area (Å²) >= 11 is 0. The summed E-state index contributed by atoms with van der Waals surface area (Å²) in [5.41, 5.74) is 1.16. The number of carbonyl (C=O) groups is 2. The maximum atomic E-state index is 12.2. The Morgan fingerprint density at radius 3 is 2.04 bits per heavy atom. The second-order valence-electron chi connectivity index (χ2n) is 5.29. The zero-order valence-corrected chi connectivity index (χ0v) is 18.1. The van der Waals surface area contributed by atoms with Crippen molar-refractivity contribution in [2.45, 2.75) is 40.5 Å². The molecule has 0 saturated carbocycles. The largest absolute Gasteiger partial charge is 0.493 e. The molecule has 1 aromatic carbocycles. The third-order valence-electron chi connectivity index (χ3n) is 3.78. The average molecular weight is 392 g/mol. The van der Waals surface area contributed by atoms with Gasteiger partial charge in [0, 0.05) is 18.2 Å². The number of hydrogen-bond donors (Lipinski definition) is 0. The predicted octanol–water partition coefficient (Wildman–Crippen LogP) is 4.48. The smallest absolute Gasteiger partial charge is 0.256 e. The van der Waals surface area contributed by atoms with E-state index in [1.54, 1.807) is 18.2 Å². The minimum atomic E-state index is -0.366.